The van der Waals surface area contributed by atoms with Crippen LogP contribution in [0.3, 0.4) is 0 Å². The highest BCUT2D eigenvalue weighted by Gasteiger charge is 2.21. The fourth-order valence-corrected chi connectivity index (χ4v) is 2.78. The van der Waals surface area contributed by atoms with E-state index >= 15 is 0 Å². The SMILES string of the molecule is CC(C)(C#N)c1ccc(Nc2c([N+](=O)[O-])cnc3ccc(Cl)cc23)cc1. The first-order valence-corrected chi connectivity index (χ1v) is 8.21. The fraction of sp³-hybridized carbons (Fsp3) is 0.158. The number of anilines is 2. The lowest BCUT2D eigenvalue weighted by atomic mass is 9.86. The van der Waals surface area contributed by atoms with Crippen molar-refractivity contribution in [3.05, 3.63) is 69.4 Å². The molecule has 0 aliphatic heterocycles. The Morgan fingerprint density at radius 2 is 1.92 bits per heavy atom. The highest BCUT2D eigenvalue weighted by molar-refractivity contribution is 6.31. The van der Waals surface area contributed by atoms with E-state index < -0.39 is 10.3 Å². The second-order valence-electron chi connectivity index (χ2n) is 6.38. The summed E-state index contributed by atoms with van der Waals surface area (Å²) in [5.74, 6) is 0. The average Bonchev–Trinajstić information content (AvgIpc) is 2.62. The van der Waals surface area contributed by atoms with E-state index in [9.17, 15) is 15.4 Å². The molecule has 0 aliphatic rings. The van der Waals surface area contributed by atoms with E-state index in [0.29, 0.717) is 27.3 Å². The van der Waals surface area contributed by atoms with Crippen LogP contribution in [0.25, 0.3) is 10.9 Å². The van der Waals surface area contributed by atoms with Crippen molar-refractivity contribution in [2.45, 2.75) is 19.3 Å². The Hall–Kier alpha value is -3.17. The van der Waals surface area contributed by atoms with Gasteiger partial charge in [0.15, 0.2) is 0 Å². The molecule has 7 heteroatoms. The summed E-state index contributed by atoms with van der Waals surface area (Å²) in [5, 5.41) is 24.8. The molecule has 130 valence electrons. The van der Waals surface area contributed by atoms with Crippen LogP contribution in [0.4, 0.5) is 17.1 Å². The number of hydrogen-bond acceptors (Lipinski definition) is 5. The Bertz CT molecular complexity index is 1040. The molecule has 26 heavy (non-hydrogen) atoms. The summed E-state index contributed by atoms with van der Waals surface area (Å²) in [7, 11) is 0. The van der Waals surface area contributed by atoms with Crippen molar-refractivity contribution in [2.75, 3.05) is 5.32 Å². The molecule has 3 aromatic rings. The molecule has 3 rings (SSSR count). The zero-order chi connectivity index (χ0) is 18.9. The predicted octanol–water partition coefficient (Wildman–Crippen LogP) is 5.34. The Morgan fingerprint density at radius 3 is 2.54 bits per heavy atom. The van der Waals surface area contributed by atoms with Crippen molar-refractivity contribution >= 4 is 39.6 Å². The van der Waals surface area contributed by atoms with Crippen molar-refractivity contribution in [1.82, 2.24) is 4.98 Å². The molecular weight excluding hydrogens is 352 g/mol. The molecule has 0 radical (unpaired) electrons. The Morgan fingerprint density at radius 1 is 1.23 bits per heavy atom. The zero-order valence-electron chi connectivity index (χ0n) is 14.2. The van der Waals surface area contributed by atoms with Crippen LogP contribution in [0.2, 0.25) is 5.02 Å². The largest absolute Gasteiger partial charge is 0.349 e. The number of nitriles is 1. The van der Waals surface area contributed by atoms with E-state index in [-0.39, 0.29) is 5.69 Å². The van der Waals surface area contributed by atoms with E-state index in [2.05, 4.69) is 16.4 Å². The third-order valence-electron chi connectivity index (χ3n) is 4.16. The lowest BCUT2D eigenvalue weighted by Gasteiger charge is -2.16. The molecule has 0 fully saturated rings. The van der Waals surface area contributed by atoms with Crippen LogP contribution in [0.5, 0.6) is 0 Å². The van der Waals surface area contributed by atoms with Gasteiger partial charge in [-0.15, -0.1) is 0 Å². The maximum atomic E-state index is 11.4. The minimum absolute atomic E-state index is 0.138. The normalized spacial score (nSPS) is 11.2. The number of hydrogen-bond donors (Lipinski definition) is 1. The number of aromatic nitrogens is 1. The number of halogens is 1. The topological polar surface area (TPSA) is 91.8 Å². The van der Waals surface area contributed by atoms with Crippen LogP contribution in [-0.4, -0.2) is 9.91 Å². The number of nitrogens with zero attached hydrogens (tertiary/aromatic N) is 3. The Kier molecular flexibility index (Phi) is 4.49. The first kappa shape index (κ1) is 17.6. The number of fused-ring (bicyclic) bond motifs is 1. The molecule has 0 aliphatic carbocycles. The molecule has 1 heterocycles. The second kappa shape index (κ2) is 6.62. The molecule has 0 spiro atoms. The molecule has 2 aromatic carbocycles. The highest BCUT2D eigenvalue weighted by atomic mass is 35.5. The van der Waals surface area contributed by atoms with Crippen molar-refractivity contribution in [3.63, 3.8) is 0 Å². The van der Waals surface area contributed by atoms with E-state index in [4.69, 9.17) is 11.6 Å². The van der Waals surface area contributed by atoms with Gasteiger partial charge < -0.3 is 5.32 Å². The molecule has 0 amide bonds. The van der Waals surface area contributed by atoms with Crippen molar-refractivity contribution in [1.29, 1.82) is 5.26 Å². The highest BCUT2D eigenvalue weighted by Crippen LogP contribution is 2.35. The zero-order valence-corrected chi connectivity index (χ0v) is 14.9. The van der Waals surface area contributed by atoms with Crippen LogP contribution in [0, 0.1) is 21.4 Å². The third-order valence-corrected chi connectivity index (χ3v) is 4.40. The Balaban J connectivity index is 2.08. The van der Waals surface area contributed by atoms with Gasteiger partial charge in [0.25, 0.3) is 0 Å². The van der Waals surface area contributed by atoms with E-state index in [0.717, 1.165) is 5.56 Å². The van der Waals surface area contributed by atoms with Gasteiger partial charge in [-0.05, 0) is 49.7 Å². The molecule has 0 atom stereocenters. The Labute approximate surface area is 155 Å². The summed E-state index contributed by atoms with van der Waals surface area (Å²) >= 11 is 6.06. The molecule has 0 saturated heterocycles. The van der Waals surface area contributed by atoms with Crippen LogP contribution in [0.15, 0.2) is 48.7 Å². The average molecular weight is 367 g/mol. The number of nitro groups is 1. The molecule has 1 aromatic heterocycles. The van der Waals surface area contributed by atoms with Gasteiger partial charge in [0.2, 0.25) is 0 Å². The van der Waals surface area contributed by atoms with E-state index in [1.807, 2.05) is 26.0 Å². The summed E-state index contributed by atoms with van der Waals surface area (Å²) in [6, 6.07) is 14.5. The number of nitrogens with one attached hydrogen (secondary N) is 1. The number of benzene rings is 2. The molecule has 1 N–H and O–H groups in total. The minimum Gasteiger partial charge on any atom is -0.349 e. The standard InChI is InChI=1S/C19H15ClN4O2/c1-19(2,11-21)12-3-6-14(7-4-12)23-18-15-9-13(20)5-8-16(15)22-10-17(18)24(25)26/h3-10H,1-2H3,(H,22,23). The van der Waals surface area contributed by atoms with Crippen molar-refractivity contribution in [3.8, 4) is 6.07 Å². The van der Waals surface area contributed by atoms with Crippen molar-refractivity contribution < 1.29 is 4.92 Å². The van der Waals surface area contributed by atoms with Crippen LogP contribution in [0.1, 0.15) is 19.4 Å². The van der Waals surface area contributed by atoms with E-state index in [1.165, 1.54) is 6.20 Å². The third kappa shape index (κ3) is 3.30. The van der Waals surface area contributed by atoms with Crippen LogP contribution < -0.4 is 5.32 Å². The molecule has 0 bridgehead atoms. The fourth-order valence-electron chi connectivity index (χ4n) is 2.60. The molecule has 0 saturated carbocycles. The van der Waals surface area contributed by atoms with Gasteiger partial charge in [0.1, 0.15) is 11.9 Å². The van der Waals surface area contributed by atoms with Gasteiger partial charge in [-0.1, -0.05) is 23.7 Å². The summed E-state index contributed by atoms with van der Waals surface area (Å²) in [5.41, 5.74) is 1.71. The predicted molar refractivity (Wildman–Crippen MR) is 102 cm³/mol. The first-order chi connectivity index (χ1) is 12.3. The summed E-state index contributed by atoms with van der Waals surface area (Å²) in [6.07, 6.45) is 1.23. The smallest absolute Gasteiger partial charge is 0.311 e. The summed E-state index contributed by atoms with van der Waals surface area (Å²) < 4.78 is 0. The quantitative estimate of drug-likeness (QED) is 0.497. The number of rotatable bonds is 4. The molecule has 0 unspecified atom stereocenters. The van der Waals surface area contributed by atoms with Gasteiger partial charge in [-0.25, -0.2) is 4.98 Å². The van der Waals surface area contributed by atoms with Crippen LogP contribution >= 0.6 is 11.6 Å². The lowest BCUT2D eigenvalue weighted by Crippen LogP contribution is -2.13. The van der Waals surface area contributed by atoms with Gasteiger partial charge in [0.05, 0.1) is 21.9 Å². The van der Waals surface area contributed by atoms with Gasteiger partial charge in [-0.2, -0.15) is 5.26 Å². The number of pyridine rings is 1. The van der Waals surface area contributed by atoms with Gasteiger partial charge in [-0.3, -0.25) is 10.1 Å². The molecular formula is C19H15ClN4O2. The monoisotopic (exact) mass is 366 g/mol. The maximum Gasteiger partial charge on any atom is 0.311 e. The van der Waals surface area contributed by atoms with Gasteiger partial charge >= 0.3 is 5.69 Å². The maximum absolute atomic E-state index is 11.4. The van der Waals surface area contributed by atoms with Crippen molar-refractivity contribution in [2.24, 2.45) is 0 Å². The lowest BCUT2D eigenvalue weighted by molar-refractivity contribution is -0.384. The summed E-state index contributed by atoms with van der Waals surface area (Å²) in [6.45, 7) is 3.66. The minimum atomic E-state index is -0.610. The summed E-state index contributed by atoms with van der Waals surface area (Å²) in [4.78, 5) is 15.1. The second-order valence-corrected chi connectivity index (χ2v) is 6.81. The first-order valence-electron chi connectivity index (χ1n) is 7.83. The van der Waals surface area contributed by atoms with Gasteiger partial charge in [0, 0.05) is 16.1 Å². The van der Waals surface area contributed by atoms with Crippen LogP contribution in [-0.2, 0) is 5.41 Å². The van der Waals surface area contributed by atoms with E-state index in [1.54, 1.807) is 30.3 Å². The molecule has 6 nitrogen and oxygen atoms in total.